The summed E-state index contributed by atoms with van der Waals surface area (Å²) in [7, 11) is -0.818. The van der Waals surface area contributed by atoms with Crippen LogP contribution < -0.4 is 11.1 Å². The predicted octanol–water partition coefficient (Wildman–Crippen LogP) is 2.17. The van der Waals surface area contributed by atoms with Gasteiger partial charge in [0.05, 0.1) is 6.54 Å². The Balaban J connectivity index is 1.96. The summed E-state index contributed by atoms with van der Waals surface area (Å²) in [5.74, 6) is 0.354. The highest BCUT2D eigenvalue weighted by atomic mass is 32.2. The Hall–Kier alpha value is -1.20. The van der Waals surface area contributed by atoms with E-state index in [0.29, 0.717) is 11.0 Å². The third-order valence-electron chi connectivity index (χ3n) is 3.63. The first-order chi connectivity index (χ1) is 9.69. The van der Waals surface area contributed by atoms with Gasteiger partial charge in [-0.1, -0.05) is 31.4 Å². The summed E-state index contributed by atoms with van der Waals surface area (Å²) in [6, 6.07) is 7.53. The molecule has 1 saturated carbocycles. The van der Waals surface area contributed by atoms with Crippen molar-refractivity contribution in [2.45, 2.75) is 43.1 Å². The summed E-state index contributed by atoms with van der Waals surface area (Å²) in [6.45, 7) is -0.0295. The van der Waals surface area contributed by atoms with Crippen molar-refractivity contribution in [2.24, 2.45) is 5.73 Å². The lowest BCUT2D eigenvalue weighted by atomic mass is 10.0. The molecule has 1 amide bonds. The standard InChI is InChI=1S/C15H22N2O2S/c16-10-15(18)17-13-6-4-5-12(9-13)11-20(19)14-7-2-1-3-8-14/h4-6,9,14H,1-3,7-8,10-11,16H2,(H,17,18). The maximum atomic E-state index is 12.4. The first-order valence-corrected chi connectivity index (χ1v) is 8.53. The Morgan fingerprint density at radius 1 is 1.30 bits per heavy atom. The van der Waals surface area contributed by atoms with E-state index in [1.807, 2.05) is 24.3 Å². The monoisotopic (exact) mass is 294 g/mol. The van der Waals surface area contributed by atoms with E-state index in [9.17, 15) is 9.00 Å². The molecule has 20 heavy (non-hydrogen) atoms. The summed E-state index contributed by atoms with van der Waals surface area (Å²) in [4.78, 5) is 11.3. The van der Waals surface area contributed by atoms with E-state index in [4.69, 9.17) is 5.73 Å². The molecule has 0 heterocycles. The Labute approximate surface area is 122 Å². The third kappa shape index (κ3) is 4.42. The van der Waals surface area contributed by atoms with E-state index in [-0.39, 0.29) is 12.5 Å². The lowest BCUT2D eigenvalue weighted by Crippen LogP contribution is -2.22. The van der Waals surface area contributed by atoms with Gasteiger partial charge in [-0.2, -0.15) is 0 Å². The van der Waals surface area contributed by atoms with Crippen molar-refractivity contribution in [2.75, 3.05) is 11.9 Å². The van der Waals surface area contributed by atoms with Gasteiger partial charge >= 0.3 is 0 Å². The molecule has 1 unspecified atom stereocenters. The van der Waals surface area contributed by atoms with Crippen molar-refractivity contribution >= 4 is 22.4 Å². The van der Waals surface area contributed by atoms with Crippen LogP contribution in [0.2, 0.25) is 0 Å². The zero-order valence-electron chi connectivity index (χ0n) is 11.6. The highest BCUT2D eigenvalue weighted by Crippen LogP contribution is 2.24. The molecule has 110 valence electrons. The number of benzene rings is 1. The number of anilines is 1. The van der Waals surface area contributed by atoms with Gasteiger partial charge in [-0.25, -0.2) is 0 Å². The number of carbonyl (C=O) groups is 1. The quantitative estimate of drug-likeness (QED) is 0.874. The lowest BCUT2D eigenvalue weighted by molar-refractivity contribution is -0.114. The van der Waals surface area contributed by atoms with Gasteiger partial charge in [-0.05, 0) is 30.5 Å². The van der Waals surface area contributed by atoms with Crippen LogP contribution in [0.4, 0.5) is 5.69 Å². The molecule has 1 aromatic carbocycles. The molecular formula is C15H22N2O2S. The smallest absolute Gasteiger partial charge is 0.238 e. The van der Waals surface area contributed by atoms with Crippen LogP contribution >= 0.6 is 0 Å². The molecule has 0 bridgehead atoms. The average molecular weight is 294 g/mol. The van der Waals surface area contributed by atoms with E-state index in [1.54, 1.807) is 0 Å². The third-order valence-corrected chi connectivity index (χ3v) is 5.46. The molecule has 0 aromatic heterocycles. The molecule has 5 heteroatoms. The number of rotatable bonds is 5. The van der Waals surface area contributed by atoms with Crippen LogP contribution in [-0.2, 0) is 21.3 Å². The number of hydrogen-bond acceptors (Lipinski definition) is 3. The number of amides is 1. The fourth-order valence-corrected chi connectivity index (χ4v) is 4.16. The van der Waals surface area contributed by atoms with Crippen LogP contribution in [0.1, 0.15) is 37.7 Å². The Bertz CT molecular complexity index is 485. The van der Waals surface area contributed by atoms with Gasteiger partial charge in [0.25, 0.3) is 0 Å². The van der Waals surface area contributed by atoms with Crippen molar-refractivity contribution < 1.29 is 9.00 Å². The number of carbonyl (C=O) groups excluding carboxylic acids is 1. The molecule has 1 aliphatic carbocycles. The SMILES string of the molecule is NCC(=O)Nc1cccc(CS(=O)C2CCCCC2)c1. The minimum Gasteiger partial charge on any atom is -0.325 e. The Morgan fingerprint density at radius 3 is 2.75 bits per heavy atom. The van der Waals surface area contributed by atoms with Crippen molar-refractivity contribution in [3.05, 3.63) is 29.8 Å². The highest BCUT2D eigenvalue weighted by Gasteiger charge is 2.19. The summed E-state index contributed by atoms with van der Waals surface area (Å²) in [5.41, 5.74) is 7.00. The first kappa shape index (κ1) is 15.2. The van der Waals surface area contributed by atoms with E-state index in [2.05, 4.69) is 5.32 Å². The number of hydrogen-bond donors (Lipinski definition) is 2. The lowest BCUT2D eigenvalue weighted by Gasteiger charge is -2.21. The van der Waals surface area contributed by atoms with Crippen LogP contribution in [-0.4, -0.2) is 21.9 Å². The van der Waals surface area contributed by atoms with Crippen LogP contribution in [0.15, 0.2) is 24.3 Å². The Morgan fingerprint density at radius 2 is 2.05 bits per heavy atom. The number of nitrogens with two attached hydrogens (primary N) is 1. The van der Waals surface area contributed by atoms with E-state index in [1.165, 1.54) is 19.3 Å². The molecule has 3 N–H and O–H groups in total. The highest BCUT2D eigenvalue weighted by molar-refractivity contribution is 7.84. The van der Waals surface area contributed by atoms with E-state index in [0.717, 1.165) is 24.1 Å². The van der Waals surface area contributed by atoms with Gasteiger partial charge in [-0.15, -0.1) is 0 Å². The average Bonchev–Trinajstić information content (AvgIpc) is 2.48. The molecule has 2 rings (SSSR count). The zero-order valence-corrected chi connectivity index (χ0v) is 12.5. The molecule has 4 nitrogen and oxygen atoms in total. The fourth-order valence-electron chi connectivity index (χ4n) is 2.56. The maximum absolute atomic E-state index is 12.4. The molecule has 1 aromatic rings. The van der Waals surface area contributed by atoms with Gasteiger partial charge in [0.2, 0.25) is 5.91 Å². The summed E-state index contributed by atoms with van der Waals surface area (Å²) < 4.78 is 12.4. The maximum Gasteiger partial charge on any atom is 0.238 e. The van der Waals surface area contributed by atoms with Gasteiger partial charge in [0.1, 0.15) is 0 Å². The topological polar surface area (TPSA) is 72.2 Å². The van der Waals surface area contributed by atoms with Gasteiger partial charge in [0.15, 0.2) is 0 Å². The molecular weight excluding hydrogens is 272 g/mol. The second-order valence-electron chi connectivity index (χ2n) is 5.24. The van der Waals surface area contributed by atoms with Crippen LogP contribution in [0.25, 0.3) is 0 Å². The molecule has 0 saturated heterocycles. The summed E-state index contributed by atoms with van der Waals surface area (Å²) in [6.07, 6.45) is 5.83. The molecule has 1 fully saturated rings. The van der Waals surface area contributed by atoms with Crippen LogP contribution in [0.5, 0.6) is 0 Å². The summed E-state index contributed by atoms with van der Waals surface area (Å²) >= 11 is 0. The first-order valence-electron chi connectivity index (χ1n) is 7.15. The van der Waals surface area contributed by atoms with Gasteiger partial charge in [0, 0.05) is 27.5 Å². The van der Waals surface area contributed by atoms with Crippen molar-refractivity contribution in [1.82, 2.24) is 0 Å². The molecule has 0 spiro atoms. The molecule has 0 radical (unpaired) electrons. The van der Waals surface area contributed by atoms with Gasteiger partial charge < -0.3 is 11.1 Å². The zero-order chi connectivity index (χ0) is 14.4. The van der Waals surface area contributed by atoms with Gasteiger partial charge in [-0.3, -0.25) is 9.00 Å². The van der Waals surface area contributed by atoms with E-state index < -0.39 is 10.8 Å². The predicted molar refractivity (Wildman–Crippen MR) is 82.8 cm³/mol. The molecule has 1 aliphatic rings. The normalized spacial score (nSPS) is 17.6. The molecule has 0 aliphatic heterocycles. The fraction of sp³-hybridized carbons (Fsp3) is 0.533. The van der Waals surface area contributed by atoms with Crippen molar-refractivity contribution in [1.29, 1.82) is 0 Å². The second kappa shape index (κ2) is 7.55. The Kier molecular flexibility index (Phi) is 5.73. The van der Waals surface area contributed by atoms with Crippen LogP contribution in [0, 0.1) is 0 Å². The minimum atomic E-state index is -0.818. The summed E-state index contributed by atoms with van der Waals surface area (Å²) in [5, 5.41) is 3.06. The van der Waals surface area contributed by atoms with Crippen molar-refractivity contribution in [3.8, 4) is 0 Å². The largest absolute Gasteiger partial charge is 0.325 e. The van der Waals surface area contributed by atoms with Crippen molar-refractivity contribution in [3.63, 3.8) is 0 Å². The van der Waals surface area contributed by atoms with Crippen LogP contribution in [0.3, 0.4) is 0 Å². The molecule has 1 atom stereocenters. The second-order valence-corrected chi connectivity index (χ2v) is 6.95. The number of nitrogens with one attached hydrogen (secondary N) is 1. The minimum absolute atomic E-state index is 0.0295. The van der Waals surface area contributed by atoms with E-state index >= 15 is 0 Å².